The van der Waals surface area contributed by atoms with Crippen molar-refractivity contribution >= 4 is 11.9 Å². The number of hydrogen-bond acceptors (Lipinski definition) is 2. The minimum absolute atomic E-state index is 0.416. The van der Waals surface area contributed by atoms with Crippen molar-refractivity contribution < 1.29 is 27.9 Å². The van der Waals surface area contributed by atoms with Crippen LogP contribution in [0.2, 0.25) is 0 Å². The Morgan fingerprint density at radius 3 is 2.33 bits per heavy atom. The molecule has 0 heterocycles. The molecule has 4 nitrogen and oxygen atoms in total. The first-order valence-electron chi connectivity index (χ1n) is 5.77. The lowest BCUT2D eigenvalue weighted by Crippen LogP contribution is -2.38. The second-order valence-corrected chi connectivity index (χ2v) is 4.61. The summed E-state index contributed by atoms with van der Waals surface area (Å²) >= 11 is 0. The van der Waals surface area contributed by atoms with E-state index < -0.39 is 42.9 Å². The molecule has 1 saturated carbocycles. The zero-order chi connectivity index (χ0) is 13.9. The molecule has 1 fully saturated rings. The van der Waals surface area contributed by atoms with Crippen LogP contribution >= 0.6 is 0 Å². The number of hydrogen-bond donors (Lipinski definition) is 1. The van der Waals surface area contributed by atoms with Crippen LogP contribution in [0.3, 0.4) is 0 Å². The van der Waals surface area contributed by atoms with E-state index in [0.29, 0.717) is 19.3 Å². The van der Waals surface area contributed by atoms with E-state index in [9.17, 15) is 22.8 Å². The Morgan fingerprint density at radius 2 is 1.83 bits per heavy atom. The van der Waals surface area contributed by atoms with Gasteiger partial charge in [-0.05, 0) is 12.8 Å². The van der Waals surface area contributed by atoms with E-state index in [1.165, 1.54) is 7.05 Å². The Balaban J connectivity index is 2.55. The fourth-order valence-electron chi connectivity index (χ4n) is 2.24. The number of amides is 1. The topological polar surface area (TPSA) is 57.6 Å². The molecule has 0 aliphatic heterocycles. The lowest BCUT2D eigenvalue weighted by Gasteiger charge is -2.23. The van der Waals surface area contributed by atoms with Gasteiger partial charge in [0.1, 0.15) is 0 Å². The van der Waals surface area contributed by atoms with Gasteiger partial charge in [-0.1, -0.05) is 6.42 Å². The highest BCUT2D eigenvalue weighted by Gasteiger charge is 2.39. The van der Waals surface area contributed by atoms with Crippen LogP contribution in [0, 0.1) is 11.8 Å². The molecule has 104 valence electrons. The molecule has 1 rings (SSSR count). The molecule has 7 heteroatoms. The fourth-order valence-corrected chi connectivity index (χ4v) is 2.24. The predicted octanol–water partition coefficient (Wildman–Crippen LogP) is 1.90. The molecular weight excluding hydrogens is 251 g/mol. The second kappa shape index (κ2) is 5.58. The van der Waals surface area contributed by atoms with Crippen LogP contribution in [0.1, 0.15) is 25.7 Å². The zero-order valence-corrected chi connectivity index (χ0v) is 10.0. The van der Waals surface area contributed by atoms with Gasteiger partial charge < -0.3 is 10.0 Å². The Labute approximate surface area is 103 Å². The summed E-state index contributed by atoms with van der Waals surface area (Å²) in [6.45, 7) is -0.425. The van der Waals surface area contributed by atoms with Crippen molar-refractivity contribution in [1.29, 1.82) is 0 Å². The summed E-state index contributed by atoms with van der Waals surface area (Å²) in [5.74, 6) is -2.98. The first-order chi connectivity index (χ1) is 8.22. The highest BCUT2D eigenvalue weighted by molar-refractivity contribution is 5.85. The van der Waals surface area contributed by atoms with Gasteiger partial charge in [0.2, 0.25) is 5.91 Å². The van der Waals surface area contributed by atoms with Crippen LogP contribution in [0.25, 0.3) is 0 Å². The maximum Gasteiger partial charge on any atom is 0.390 e. The average Bonchev–Trinajstić information content (AvgIpc) is 2.72. The van der Waals surface area contributed by atoms with Gasteiger partial charge in [0.15, 0.2) is 0 Å². The Kier molecular flexibility index (Phi) is 4.59. The molecule has 0 aromatic rings. The van der Waals surface area contributed by atoms with E-state index in [1.807, 2.05) is 0 Å². The number of halogens is 3. The zero-order valence-electron chi connectivity index (χ0n) is 10.0. The lowest BCUT2D eigenvalue weighted by atomic mass is 9.95. The monoisotopic (exact) mass is 267 g/mol. The molecule has 1 aliphatic rings. The van der Waals surface area contributed by atoms with E-state index in [-0.39, 0.29) is 0 Å². The third-order valence-electron chi connectivity index (χ3n) is 3.26. The van der Waals surface area contributed by atoms with Crippen molar-refractivity contribution in [2.75, 3.05) is 13.6 Å². The summed E-state index contributed by atoms with van der Waals surface area (Å²) in [4.78, 5) is 23.8. The van der Waals surface area contributed by atoms with E-state index in [4.69, 9.17) is 5.11 Å². The number of aliphatic carboxylic acids is 1. The number of nitrogens with zero attached hydrogens (tertiary/aromatic N) is 1. The predicted molar refractivity (Wildman–Crippen MR) is 56.8 cm³/mol. The second-order valence-electron chi connectivity index (χ2n) is 4.61. The van der Waals surface area contributed by atoms with Crippen LogP contribution in [-0.2, 0) is 9.59 Å². The minimum Gasteiger partial charge on any atom is -0.481 e. The van der Waals surface area contributed by atoms with E-state index in [2.05, 4.69) is 0 Å². The highest BCUT2D eigenvalue weighted by atomic mass is 19.4. The van der Waals surface area contributed by atoms with E-state index >= 15 is 0 Å². The smallest absolute Gasteiger partial charge is 0.390 e. The van der Waals surface area contributed by atoms with Gasteiger partial charge in [-0.3, -0.25) is 9.59 Å². The normalized spacial score (nSPS) is 24.0. The van der Waals surface area contributed by atoms with Crippen molar-refractivity contribution in [3.8, 4) is 0 Å². The van der Waals surface area contributed by atoms with Gasteiger partial charge in [0.05, 0.1) is 18.3 Å². The molecular formula is C11H16F3NO3. The maximum atomic E-state index is 12.0. The maximum absolute atomic E-state index is 12.0. The number of carbonyl (C=O) groups excluding carboxylic acids is 1. The Bertz CT molecular complexity index is 330. The molecule has 2 atom stereocenters. The molecule has 0 aromatic heterocycles. The fraction of sp³-hybridized carbons (Fsp3) is 0.818. The van der Waals surface area contributed by atoms with Gasteiger partial charge in [-0.15, -0.1) is 0 Å². The summed E-state index contributed by atoms with van der Waals surface area (Å²) in [5.41, 5.74) is 0. The van der Waals surface area contributed by atoms with E-state index in [1.54, 1.807) is 0 Å². The first-order valence-corrected chi connectivity index (χ1v) is 5.77. The summed E-state index contributed by atoms with van der Waals surface area (Å²) in [6.07, 6.45) is -3.90. The van der Waals surface area contributed by atoms with Crippen LogP contribution in [0.15, 0.2) is 0 Å². The SMILES string of the molecule is CN(CCC(F)(F)F)C(=O)C1CCCC1C(=O)O. The Hall–Kier alpha value is -1.27. The van der Waals surface area contributed by atoms with Crippen LogP contribution in [0.4, 0.5) is 13.2 Å². The van der Waals surface area contributed by atoms with Gasteiger partial charge in [-0.2, -0.15) is 13.2 Å². The van der Waals surface area contributed by atoms with Crippen molar-refractivity contribution in [1.82, 2.24) is 4.90 Å². The molecule has 0 bridgehead atoms. The average molecular weight is 267 g/mol. The quantitative estimate of drug-likeness (QED) is 0.846. The molecule has 0 spiro atoms. The van der Waals surface area contributed by atoms with Gasteiger partial charge >= 0.3 is 12.1 Å². The largest absolute Gasteiger partial charge is 0.481 e. The third-order valence-corrected chi connectivity index (χ3v) is 3.26. The van der Waals surface area contributed by atoms with E-state index in [0.717, 1.165) is 4.90 Å². The molecule has 0 aromatic carbocycles. The molecule has 2 unspecified atom stereocenters. The molecule has 1 amide bonds. The number of carboxylic acid groups (broad SMARTS) is 1. The lowest BCUT2D eigenvalue weighted by molar-refractivity contribution is -0.152. The van der Waals surface area contributed by atoms with Gasteiger partial charge in [-0.25, -0.2) is 0 Å². The molecule has 1 N–H and O–H groups in total. The summed E-state index contributed by atoms with van der Waals surface area (Å²) in [5, 5.41) is 8.92. The first kappa shape index (κ1) is 14.8. The number of carboxylic acids is 1. The molecule has 18 heavy (non-hydrogen) atoms. The van der Waals surface area contributed by atoms with Crippen molar-refractivity contribution in [2.24, 2.45) is 11.8 Å². The van der Waals surface area contributed by atoms with Crippen LogP contribution < -0.4 is 0 Å². The van der Waals surface area contributed by atoms with Gasteiger partial charge in [0, 0.05) is 13.6 Å². The minimum atomic E-state index is -4.31. The van der Waals surface area contributed by atoms with Crippen molar-refractivity contribution in [2.45, 2.75) is 31.9 Å². The standard InChI is InChI=1S/C11H16F3NO3/c1-15(6-5-11(12,13)14)9(16)7-3-2-4-8(7)10(17)18/h7-8H,2-6H2,1H3,(H,17,18). The van der Waals surface area contributed by atoms with Gasteiger partial charge in [0.25, 0.3) is 0 Å². The van der Waals surface area contributed by atoms with Crippen LogP contribution in [-0.4, -0.2) is 41.7 Å². The summed E-state index contributed by atoms with van der Waals surface area (Å²) in [6, 6.07) is 0. The highest BCUT2D eigenvalue weighted by Crippen LogP contribution is 2.33. The number of carbonyl (C=O) groups is 2. The summed E-state index contributed by atoms with van der Waals surface area (Å²) in [7, 11) is 1.28. The van der Waals surface area contributed by atoms with Crippen molar-refractivity contribution in [3.05, 3.63) is 0 Å². The van der Waals surface area contributed by atoms with Crippen LogP contribution in [0.5, 0.6) is 0 Å². The Morgan fingerprint density at radius 1 is 1.28 bits per heavy atom. The summed E-state index contributed by atoms with van der Waals surface area (Å²) < 4.78 is 36.1. The number of rotatable bonds is 4. The number of alkyl halides is 3. The molecule has 0 radical (unpaired) electrons. The third kappa shape index (κ3) is 3.89. The molecule has 1 aliphatic carbocycles. The van der Waals surface area contributed by atoms with Crippen molar-refractivity contribution in [3.63, 3.8) is 0 Å². The molecule has 0 saturated heterocycles.